The number of benzene rings is 3. The number of hydrogen-bond donors (Lipinski definition) is 2. The number of nitrogens with one attached hydrogen (secondary N) is 1. The molecular weight excluding hydrogens is 499 g/mol. The van der Waals surface area contributed by atoms with Crippen molar-refractivity contribution in [1.29, 1.82) is 5.53 Å². The standard InChI is InChI=1S/C27H25F3N5O3/c1-16-24(18-10-6-13-23(38-2)25(18)30)26(36)34(15-22(35(31)32)17-8-4-3-5-9-17)27(37)33(16)14-19-20(28)11-7-12-21(19)29/h3-13,22H,14-15H2,1-2H3,(H3,31,32)/q+1/t22-/m0/s1. The van der Waals surface area contributed by atoms with Crippen molar-refractivity contribution >= 4 is 0 Å². The minimum atomic E-state index is -0.953. The van der Waals surface area contributed by atoms with E-state index in [2.05, 4.69) is 0 Å². The smallest absolute Gasteiger partial charge is 0.331 e. The molecule has 0 unspecified atom stereocenters. The third-order valence-electron chi connectivity index (χ3n) is 6.39. The van der Waals surface area contributed by atoms with E-state index in [1.165, 1.54) is 38.3 Å². The second kappa shape index (κ2) is 10.8. The van der Waals surface area contributed by atoms with Crippen molar-refractivity contribution in [3.63, 3.8) is 0 Å². The highest BCUT2D eigenvalue weighted by atomic mass is 19.1. The van der Waals surface area contributed by atoms with Crippen LogP contribution in [0.25, 0.3) is 11.1 Å². The fraction of sp³-hybridized carbons (Fsp3) is 0.185. The fourth-order valence-electron chi connectivity index (χ4n) is 4.36. The Hall–Kier alpha value is -4.67. The van der Waals surface area contributed by atoms with Crippen LogP contribution >= 0.6 is 0 Å². The van der Waals surface area contributed by atoms with Crippen LogP contribution in [-0.4, -0.2) is 21.1 Å². The van der Waals surface area contributed by atoms with Crippen LogP contribution < -0.4 is 21.8 Å². The molecule has 0 amide bonds. The molecule has 11 heteroatoms. The maximum Gasteiger partial charge on any atom is 0.331 e. The number of hydrogen-bond acceptors (Lipinski definition) is 4. The van der Waals surface area contributed by atoms with Crippen LogP contribution in [0.3, 0.4) is 0 Å². The Kier molecular flexibility index (Phi) is 7.47. The average molecular weight is 525 g/mol. The van der Waals surface area contributed by atoms with Crippen LogP contribution in [0.1, 0.15) is 22.9 Å². The van der Waals surface area contributed by atoms with Gasteiger partial charge in [0.25, 0.3) is 11.6 Å². The zero-order valence-corrected chi connectivity index (χ0v) is 20.6. The number of aromatic nitrogens is 2. The topological polar surface area (TPSA) is 106 Å². The lowest BCUT2D eigenvalue weighted by Gasteiger charge is -2.19. The van der Waals surface area contributed by atoms with Crippen LogP contribution in [0.2, 0.25) is 0 Å². The number of halogens is 3. The Morgan fingerprint density at radius 3 is 2.18 bits per heavy atom. The Balaban J connectivity index is 2.01. The van der Waals surface area contributed by atoms with E-state index >= 15 is 4.39 Å². The molecule has 1 heterocycles. The first-order valence-corrected chi connectivity index (χ1v) is 11.6. The highest BCUT2D eigenvalue weighted by molar-refractivity contribution is 5.67. The Labute approximate surface area is 215 Å². The SMILES string of the molecule is COc1cccc(-c2c(C)n(Cc3c(F)cccc3F)c(=O)n(C[C@@H](c3ccccc3)[N+](=N)N)c2=O)c1F. The lowest BCUT2D eigenvalue weighted by Crippen LogP contribution is -2.45. The van der Waals surface area contributed by atoms with E-state index < -0.39 is 46.9 Å². The molecule has 4 rings (SSSR count). The maximum absolute atomic E-state index is 15.4. The first kappa shape index (κ1) is 26.4. The quantitative estimate of drug-likeness (QED) is 0.157. The number of ether oxygens (including phenoxy) is 1. The minimum Gasteiger partial charge on any atom is -0.494 e. The molecule has 0 aliphatic carbocycles. The van der Waals surface area contributed by atoms with Crippen LogP contribution in [0.5, 0.6) is 5.75 Å². The summed E-state index contributed by atoms with van der Waals surface area (Å²) in [5.41, 5.74) is 6.04. The molecule has 0 saturated heterocycles. The van der Waals surface area contributed by atoms with E-state index in [0.29, 0.717) is 10.4 Å². The number of methoxy groups -OCH3 is 1. The van der Waals surface area contributed by atoms with Gasteiger partial charge in [0.2, 0.25) is 0 Å². The van der Waals surface area contributed by atoms with Gasteiger partial charge in [-0.15, -0.1) is 0 Å². The number of nitrogens with zero attached hydrogens (tertiary/aromatic N) is 3. The van der Waals surface area contributed by atoms with Gasteiger partial charge in [-0.25, -0.2) is 18.0 Å². The molecule has 196 valence electrons. The van der Waals surface area contributed by atoms with Crippen LogP contribution in [-0.2, 0) is 13.1 Å². The molecule has 1 aromatic heterocycles. The summed E-state index contributed by atoms with van der Waals surface area (Å²) in [6.07, 6.45) is 0. The van der Waals surface area contributed by atoms with Gasteiger partial charge in [-0.3, -0.25) is 13.9 Å². The second-order valence-electron chi connectivity index (χ2n) is 8.60. The molecule has 3 aromatic carbocycles. The zero-order valence-electron chi connectivity index (χ0n) is 20.6. The summed E-state index contributed by atoms with van der Waals surface area (Å²) in [5, 5.41) is 0. The molecule has 4 aromatic rings. The van der Waals surface area contributed by atoms with Gasteiger partial charge >= 0.3 is 5.69 Å². The molecule has 0 saturated carbocycles. The molecule has 8 nitrogen and oxygen atoms in total. The molecule has 0 spiro atoms. The molecule has 0 fully saturated rings. The fourth-order valence-corrected chi connectivity index (χ4v) is 4.36. The minimum absolute atomic E-state index is 0.00204. The molecule has 0 aliphatic heterocycles. The summed E-state index contributed by atoms with van der Waals surface area (Å²) in [6.45, 7) is 0.445. The summed E-state index contributed by atoms with van der Waals surface area (Å²) < 4.78 is 51.3. The first-order chi connectivity index (χ1) is 18.1. The van der Waals surface area contributed by atoms with E-state index in [9.17, 15) is 18.4 Å². The molecular formula is C27H25F3N5O3+. The van der Waals surface area contributed by atoms with E-state index in [1.807, 2.05) is 0 Å². The third-order valence-corrected chi connectivity index (χ3v) is 6.39. The van der Waals surface area contributed by atoms with E-state index in [4.69, 9.17) is 16.1 Å². The largest absolute Gasteiger partial charge is 0.494 e. The Morgan fingerprint density at radius 1 is 0.947 bits per heavy atom. The number of hydrazine groups is 1. The molecule has 1 atom stereocenters. The summed E-state index contributed by atoms with van der Waals surface area (Å²) in [4.78, 5) is 28.0. The van der Waals surface area contributed by atoms with Gasteiger partial charge in [0, 0.05) is 22.4 Å². The van der Waals surface area contributed by atoms with Crippen molar-refractivity contribution in [2.24, 2.45) is 5.84 Å². The van der Waals surface area contributed by atoms with Gasteiger partial charge < -0.3 is 4.74 Å². The van der Waals surface area contributed by atoms with Crippen LogP contribution in [0, 0.1) is 29.9 Å². The van der Waals surface area contributed by atoms with Crippen molar-refractivity contribution in [1.82, 2.24) is 9.13 Å². The van der Waals surface area contributed by atoms with Crippen molar-refractivity contribution < 1.29 is 22.7 Å². The molecule has 3 N–H and O–H groups in total. The number of nitrogens with two attached hydrogens (primary N) is 1. The van der Waals surface area contributed by atoms with Crippen molar-refractivity contribution in [2.45, 2.75) is 26.1 Å². The third kappa shape index (κ3) is 4.82. The van der Waals surface area contributed by atoms with Gasteiger partial charge in [-0.2, -0.15) is 5.84 Å². The normalized spacial score (nSPS) is 11.8. The molecule has 0 radical (unpaired) electrons. The van der Waals surface area contributed by atoms with E-state index in [-0.39, 0.29) is 29.1 Å². The predicted octanol–water partition coefficient (Wildman–Crippen LogP) is 4.12. The summed E-state index contributed by atoms with van der Waals surface area (Å²) in [6, 6.07) is 15.1. The molecule has 38 heavy (non-hydrogen) atoms. The van der Waals surface area contributed by atoms with Crippen LogP contribution in [0.15, 0.2) is 76.3 Å². The van der Waals surface area contributed by atoms with Crippen LogP contribution in [0.4, 0.5) is 13.2 Å². The van der Waals surface area contributed by atoms with Crippen molar-refractivity contribution in [3.8, 4) is 16.9 Å². The lowest BCUT2D eigenvalue weighted by atomic mass is 10.0. The van der Waals surface area contributed by atoms with Crippen molar-refractivity contribution in [3.05, 3.63) is 122 Å². The Bertz CT molecular complexity index is 1610. The lowest BCUT2D eigenvalue weighted by molar-refractivity contribution is -0.667. The highest BCUT2D eigenvalue weighted by Crippen LogP contribution is 2.29. The molecule has 0 bridgehead atoms. The average Bonchev–Trinajstić information content (AvgIpc) is 2.89. The number of rotatable bonds is 8. The monoisotopic (exact) mass is 524 g/mol. The summed E-state index contributed by atoms with van der Waals surface area (Å²) in [5.74, 6) is 3.01. The second-order valence-corrected chi connectivity index (χ2v) is 8.60. The van der Waals surface area contributed by atoms with Gasteiger partial charge in [-0.05, 0) is 35.5 Å². The predicted molar refractivity (Wildman–Crippen MR) is 133 cm³/mol. The zero-order chi connectivity index (χ0) is 27.6. The van der Waals surface area contributed by atoms with E-state index in [1.54, 1.807) is 30.3 Å². The van der Waals surface area contributed by atoms with Gasteiger partial charge in [-0.1, -0.05) is 48.5 Å². The summed E-state index contributed by atoms with van der Waals surface area (Å²) >= 11 is 0. The van der Waals surface area contributed by atoms with Gasteiger partial charge in [0.1, 0.15) is 18.2 Å². The first-order valence-electron chi connectivity index (χ1n) is 11.6. The summed E-state index contributed by atoms with van der Waals surface area (Å²) in [7, 11) is 1.27. The van der Waals surface area contributed by atoms with Gasteiger partial charge in [0.05, 0.1) is 19.2 Å². The van der Waals surface area contributed by atoms with Crippen molar-refractivity contribution in [2.75, 3.05) is 7.11 Å². The molecule has 0 aliphatic rings. The highest BCUT2D eigenvalue weighted by Gasteiger charge is 2.29. The Morgan fingerprint density at radius 2 is 1.58 bits per heavy atom. The van der Waals surface area contributed by atoms with Gasteiger partial charge in [0.15, 0.2) is 11.6 Å². The maximum atomic E-state index is 15.4. The van der Waals surface area contributed by atoms with E-state index in [0.717, 1.165) is 21.3 Å².